The summed E-state index contributed by atoms with van der Waals surface area (Å²) in [5.74, 6) is -0.879. The predicted octanol–water partition coefficient (Wildman–Crippen LogP) is 2.33. The van der Waals surface area contributed by atoms with Gasteiger partial charge in [-0.1, -0.05) is 30.3 Å². The Morgan fingerprint density at radius 2 is 1.86 bits per heavy atom. The number of nitrogens with one attached hydrogen (secondary N) is 1. The normalized spacial score (nSPS) is 16.9. The summed E-state index contributed by atoms with van der Waals surface area (Å²) in [6.07, 6.45) is 3.21. The summed E-state index contributed by atoms with van der Waals surface area (Å²) in [6, 6.07) is 16.1. The Kier molecular flexibility index (Phi) is 4.68. The number of quaternary nitrogens is 1. The number of pyridine rings is 1. The molecular formula is C24H26N3O2+. The van der Waals surface area contributed by atoms with Gasteiger partial charge in [0.1, 0.15) is 6.54 Å². The third-order valence-corrected chi connectivity index (χ3v) is 6.31. The summed E-state index contributed by atoms with van der Waals surface area (Å²) < 4.78 is 0. The molecule has 0 radical (unpaired) electrons. The van der Waals surface area contributed by atoms with Crippen LogP contribution in [0.1, 0.15) is 33.6 Å². The molecule has 2 aromatic carbocycles. The Labute approximate surface area is 170 Å². The van der Waals surface area contributed by atoms with Crippen LogP contribution in [0.15, 0.2) is 48.5 Å². The van der Waals surface area contributed by atoms with E-state index in [1.807, 2.05) is 12.1 Å². The minimum Gasteiger partial charge on any atom is -0.478 e. The number of rotatable bonds is 4. The molecule has 1 fully saturated rings. The molecule has 5 rings (SSSR count). The average molecular weight is 388 g/mol. The van der Waals surface area contributed by atoms with E-state index in [1.54, 1.807) is 11.0 Å². The van der Waals surface area contributed by atoms with Crippen LogP contribution >= 0.6 is 0 Å². The van der Waals surface area contributed by atoms with Gasteiger partial charge in [0, 0.05) is 16.6 Å². The molecule has 1 aliphatic heterocycles. The molecule has 1 aromatic heterocycles. The van der Waals surface area contributed by atoms with E-state index < -0.39 is 5.97 Å². The van der Waals surface area contributed by atoms with Crippen molar-refractivity contribution in [3.63, 3.8) is 0 Å². The maximum absolute atomic E-state index is 11.5. The monoisotopic (exact) mass is 388 g/mol. The van der Waals surface area contributed by atoms with Crippen molar-refractivity contribution in [1.82, 2.24) is 4.98 Å². The molecule has 2 heterocycles. The molecule has 3 aromatic rings. The van der Waals surface area contributed by atoms with Gasteiger partial charge in [0.15, 0.2) is 0 Å². The molecule has 0 bridgehead atoms. The fourth-order valence-corrected chi connectivity index (χ4v) is 4.84. The van der Waals surface area contributed by atoms with Gasteiger partial charge in [0.25, 0.3) is 0 Å². The smallest absolute Gasteiger partial charge is 0.335 e. The molecule has 0 amide bonds. The highest BCUT2D eigenvalue weighted by Gasteiger charge is 2.27. The number of anilines is 1. The van der Waals surface area contributed by atoms with Crippen LogP contribution in [0.25, 0.3) is 10.9 Å². The molecule has 2 N–H and O–H groups in total. The third kappa shape index (κ3) is 3.47. The maximum Gasteiger partial charge on any atom is 0.335 e. The van der Waals surface area contributed by atoms with Crippen molar-refractivity contribution < 1.29 is 14.8 Å². The molecule has 0 atom stereocenters. The van der Waals surface area contributed by atoms with Crippen LogP contribution in [0, 0.1) is 0 Å². The lowest BCUT2D eigenvalue weighted by Crippen LogP contribution is -3.13. The van der Waals surface area contributed by atoms with Crippen molar-refractivity contribution in [2.45, 2.75) is 25.8 Å². The van der Waals surface area contributed by atoms with Crippen LogP contribution in [0.3, 0.4) is 0 Å². The molecule has 148 valence electrons. The number of aromatic nitrogens is 1. The standard InChI is InChI=1S/C24H25N3O2/c28-24(29)18-9-10-22-20(15-18)23(19-7-4-8-21(19)25-22)27-13-11-26(12-14-27)16-17-5-2-1-3-6-17/h1-3,5-6,9-10,15H,4,7-8,11-14,16H2,(H,28,29)/p+1. The number of nitrogens with zero attached hydrogens (tertiary/aromatic N) is 2. The minimum atomic E-state index is -0.879. The van der Waals surface area contributed by atoms with Crippen LogP contribution < -0.4 is 9.80 Å². The SMILES string of the molecule is O=C(O)c1ccc2nc3c(c(N4CC[NH+](Cc5ccccc5)CC4)c2c1)CCC3. The molecule has 5 nitrogen and oxygen atoms in total. The molecule has 1 saturated heterocycles. The van der Waals surface area contributed by atoms with Crippen molar-refractivity contribution in [3.8, 4) is 0 Å². The van der Waals surface area contributed by atoms with E-state index in [0.717, 1.165) is 62.9 Å². The van der Waals surface area contributed by atoms with E-state index in [4.69, 9.17) is 4.98 Å². The zero-order valence-electron chi connectivity index (χ0n) is 16.5. The Bertz CT molecular complexity index is 1060. The lowest BCUT2D eigenvalue weighted by Gasteiger charge is -2.35. The van der Waals surface area contributed by atoms with E-state index >= 15 is 0 Å². The number of benzene rings is 2. The van der Waals surface area contributed by atoms with Gasteiger partial charge in [-0.3, -0.25) is 4.98 Å². The van der Waals surface area contributed by atoms with E-state index in [-0.39, 0.29) is 0 Å². The number of carboxylic acid groups (broad SMARTS) is 1. The molecule has 29 heavy (non-hydrogen) atoms. The fourth-order valence-electron chi connectivity index (χ4n) is 4.84. The summed E-state index contributed by atoms with van der Waals surface area (Å²) in [5, 5.41) is 10.5. The van der Waals surface area contributed by atoms with Gasteiger partial charge < -0.3 is 14.9 Å². The number of piperazine rings is 1. The zero-order valence-corrected chi connectivity index (χ0v) is 16.5. The lowest BCUT2D eigenvalue weighted by atomic mass is 10.0. The second kappa shape index (κ2) is 7.48. The first kappa shape index (κ1) is 18.1. The van der Waals surface area contributed by atoms with Gasteiger partial charge in [0.05, 0.1) is 42.9 Å². The van der Waals surface area contributed by atoms with Crippen LogP contribution in [-0.2, 0) is 19.4 Å². The van der Waals surface area contributed by atoms with Crippen molar-refractivity contribution in [2.24, 2.45) is 0 Å². The van der Waals surface area contributed by atoms with Gasteiger partial charge >= 0.3 is 5.97 Å². The second-order valence-corrected chi connectivity index (χ2v) is 8.18. The zero-order chi connectivity index (χ0) is 19.8. The number of carbonyl (C=O) groups is 1. The Hall–Kier alpha value is -2.92. The molecule has 2 aliphatic rings. The van der Waals surface area contributed by atoms with Crippen molar-refractivity contribution >= 4 is 22.6 Å². The summed E-state index contributed by atoms with van der Waals surface area (Å²) >= 11 is 0. The number of fused-ring (bicyclic) bond motifs is 2. The number of aromatic carboxylic acids is 1. The first-order valence-corrected chi connectivity index (χ1v) is 10.5. The third-order valence-electron chi connectivity index (χ3n) is 6.31. The largest absolute Gasteiger partial charge is 0.478 e. The highest BCUT2D eigenvalue weighted by Crippen LogP contribution is 2.37. The maximum atomic E-state index is 11.5. The lowest BCUT2D eigenvalue weighted by molar-refractivity contribution is -0.914. The molecule has 0 saturated carbocycles. The summed E-state index contributed by atoms with van der Waals surface area (Å²) in [5.41, 5.74) is 6.43. The Balaban J connectivity index is 1.45. The average Bonchev–Trinajstić information content (AvgIpc) is 3.21. The van der Waals surface area contributed by atoms with Gasteiger partial charge in [0.2, 0.25) is 0 Å². The highest BCUT2D eigenvalue weighted by atomic mass is 16.4. The van der Waals surface area contributed by atoms with Crippen LogP contribution in [0.2, 0.25) is 0 Å². The van der Waals surface area contributed by atoms with Gasteiger partial charge in [-0.05, 0) is 43.0 Å². The molecule has 0 unspecified atom stereocenters. The summed E-state index contributed by atoms with van der Waals surface area (Å²) in [6.45, 7) is 5.22. The van der Waals surface area contributed by atoms with E-state index in [2.05, 4.69) is 35.2 Å². The Morgan fingerprint density at radius 1 is 1.07 bits per heavy atom. The van der Waals surface area contributed by atoms with Gasteiger partial charge in [-0.2, -0.15) is 0 Å². The molecule has 0 spiro atoms. The highest BCUT2D eigenvalue weighted by molar-refractivity contribution is 5.99. The van der Waals surface area contributed by atoms with Crippen molar-refractivity contribution in [1.29, 1.82) is 0 Å². The number of aryl methyl sites for hydroxylation is 1. The fraction of sp³-hybridized carbons (Fsp3) is 0.333. The number of hydrogen-bond donors (Lipinski definition) is 2. The summed E-state index contributed by atoms with van der Waals surface area (Å²) in [7, 11) is 0. The minimum absolute atomic E-state index is 0.340. The quantitative estimate of drug-likeness (QED) is 0.720. The second-order valence-electron chi connectivity index (χ2n) is 8.18. The van der Waals surface area contributed by atoms with Crippen molar-refractivity contribution in [2.75, 3.05) is 31.1 Å². The van der Waals surface area contributed by atoms with Gasteiger partial charge in [-0.25, -0.2) is 4.79 Å². The van der Waals surface area contributed by atoms with Gasteiger partial charge in [-0.15, -0.1) is 0 Å². The van der Waals surface area contributed by atoms with Crippen LogP contribution in [0.4, 0.5) is 5.69 Å². The van der Waals surface area contributed by atoms with Crippen LogP contribution in [-0.4, -0.2) is 42.2 Å². The first-order chi connectivity index (χ1) is 14.2. The summed E-state index contributed by atoms with van der Waals surface area (Å²) in [4.78, 5) is 20.5. The Morgan fingerprint density at radius 3 is 2.62 bits per heavy atom. The first-order valence-electron chi connectivity index (χ1n) is 10.5. The molecule has 1 aliphatic carbocycles. The topological polar surface area (TPSA) is 57.9 Å². The predicted molar refractivity (Wildman–Crippen MR) is 114 cm³/mol. The number of hydrogen-bond acceptors (Lipinski definition) is 3. The molecular weight excluding hydrogens is 362 g/mol. The van der Waals surface area contributed by atoms with E-state index in [0.29, 0.717) is 5.56 Å². The van der Waals surface area contributed by atoms with Crippen molar-refractivity contribution in [3.05, 3.63) is 70.9 Å². The number of carboxylic acids is 1. The molecule has 5 heteroatoms. The van der Waals surface area contributed by atoms with E-state index in [1.165, 1.54) is 22.5 Å². The van der Waals surface area contributed by atoms with E-state index in [9.17, 15) is 9.90 Å². The van der Waals surface area contributed by atoms with Crippen LogP contribution in [0.5, 0.6) is 0 Å².